The predicted molar refractivity (Wildman–Crippen MR) is 96.3 cm³/mol. The van der Waals surface area contributed by atoms with Gasteiger partial charge in [-0.25, -0.2) is 0 Å². The number of hydrogen-bond acceptors (Lipinski definition) is 3. The second-order valence-corrected chi connectivity index (χ2v) is 7.53. The number of nitrogens with one attached hydrogen (secondary N) is 1. The molecule has 0 radical (unpaired) electrons. The Hall–Kier alpha value is -0.910. The van der Waals surface area contributed by atoms with E-state index >= 15 is 0 Å². The van der Waals surface area contributed by atoms with Gasteiger partial charge in [0.1, 0.15) is 0 Å². The molecule has 2 fully saturated rings. The van der Waals surface area contributed by atoms with E-state index < -0.39 is 0 Å². The first-order valence-corrected chi connectivity index (χ1v) is 9.43. The smallest absolute Gasteiger partial charge is 0.225 e. The first-order chi connectivity index (χ1) is 11.1. The van der Waals surface area contributed by atoms with Gasteiger partial charge in [0, 0.05) is 42.6 Å². The molecule has 2 saturated heterocycles. The van der Waals surface area contributed by atoms with E-state index in [0.717, 1.165) is 56.6 Å². The van der Waals surface area contributed by atoms with Gasteiger partial charge in [-0.2, -0.15) is 0 Å². The van der Waals surface area contributed by atoms with Gasteiger partial charge in [-0.3, -0.25) is 9.69 Å². The van der Waals surface area contributed by atoms with Crippen LogP contribution in [0, 0.1) is 5.92 Å². The van der Waals surface area contributed by atoms with E-state index in [-0.39, 0.29) is 5.92 Å². The summed E-state index contributed by atoms with van der Waals surface area (Å²) in [5.74, 6) is 0.620. The summed E-state index contributed by atoms with van der Waals surface area (Å²) in [5.41, 5.74) is 1.34. The SMILES string of the molecule is CC(c1ccc(Br)cc1)N1CCN(C(=O)C2CCNCC2)CC1. The monoisotopic (exact) mass is 379 g/mol. The van der Waals surface area contributed by atoms with E-state index in [2.05, 4.69) is 62.2 Å². The normalized spacial score (nSPS) is 22.1. The zero-order valence-electron chi connectivity index (χ0n) is 13.8. The summed E-state index contributed by atoms with van der Waals surface area (Å²) >= 11 is 3.49. The molecule has 126 valence electrons. The van der Waals surface area contributed by atoms with E-state index in [9.17, 15) is 4.79 Å². The number of carbonyl (C=O) groups excluding carboxylic acids is 1. The lowest BCUT2D eigenvalue weighted by Gasteiger charge is -2.39. The van der Waals surface area contributed by atoms with E-state index in [1.807, 2.05) is 0 Å². The van der Waals surface area contributed by atoms with Gasteiger partial charge in [-0.05, 0) is 50.6 Å². The summed E-state index contributed by atoms with van der Waals surface area (Å²) in [4.78, 5) is 17.2. The molecular formula is C18H26BrN3O. The Morgan fingerprint density at radius 2 is 1.74 bits per heavy atom. The molecule has 1 unspecified atom stereocenters. The van der Waals surface area contributed by atoms with Gasteiger partial charge >= 0.3 is 0 Å². The Morgan fingerprint density at radius 3 is 2.35 bits per heavy atom. The molecular weight excluding hydrogens is 354 g/mol. The molecule has 1 aromatic carbocycles. The van der Waals surface area contributed by atoms with Crippen LogP contribution in [0.2, 0.25) is 0 Å². The number of halogens is 1. The van der Waals surface area contributed by atoms with Crippen LogP contribution in [-0.4, -0.2) is 55.0 Å². The molecule has 0 bridgehead atoms. The molecule has 0 aromatic heterocycles. The second-order valence-electron chi connectivity index (χ2n) is 6.61. The molecule has 2 heterocycles. The highest BCUT2D eigenvalue weighted by atomic mass is 79.9. The van der Waals surface area contributed by atoms with Gasteiger partial charge in [0.15, 0.2) is 0 Å². The van der Waals surface area contributed by atoms with Crippen LogP contribution < -0.4 is 5.32 Å². The Morgan fingerprint density at radius 1 is 1.13 bits per heavy atom. The third kappa shape index (κ3) is 4.14. The van der Waals surface area contributed by atoms with E-state index in [1.165, 1.54) is 5.56 Å². The molecule has 4 nitrogen and oxygen atoms in total. The largest absolute Gasteiger partial charge is 0.340 e. The summed E-state index contributed by atoms with van der Waals surface area (Å²) in [7, 11) is 0. The number of benzene rings is 1. The fourth-order valence-electron chi connectivity index (χ4n) is 3.61. The number of carbonyl (C=O) groups is 1. The average Bonchev–Trinajstić information content (AvgIpc) is 2.62. The zero-order chi connectivity index (χ0) is 16.2. The molecule has 2 aliphatic heterocycles. The van der Waals surface area contributed by atoms with Crippen LogP contribution in [0.3, 0.4) is 0 Å². The molecule has 3 rings (SSSR count). The van der Waals surface area contributed by atoms with Gasteiger partial charge in [-0.1, -0.05) is 28.1 Å². The lowest BCUT2D eigenvalue weighted by Crippen LogP contribution is -2.51. The number of piperidine rings is 1. The lowest BCUT2D eigenvalue weighted by atomic mass is 9.96. The summed E-state index contributed by atoms with van der Waals surface area (Å²) in [5, 5.41) is 3.33. The Labute approximate surface area is 147 Å². The van der Waals surface area contributed by atoms with Gasteiger partial charge in [0.25, 0.3) is 0 Å². The van der Waals surface area contributed by atoms with Gasteiger partial charge in [0.05, 0.1) is 0 Å². The number of piperazine rings is 1. The van der Waals surface area contributed by atoms with E-state index in [4.69, 9.17) is 0 Å². The summed E-state index contributed by atoms with van der Waals surface area (Å²) in [6, 6.07) is 8.97. The first-order valence-electron chi connectivity index (χ1n) is 8.64. The van der Waals surface area contributed by atoms with Crippen molar-refractivity contribution < 1.29 is 4.79 Å². The van der Waals surface area contributed by atoms with Gasteiger partial charge < -0.3 is 10.2 Å². The molecule has 1 atom stereocenters. The Balaban J connectivity index is 1.53. The highest BCUT2D eigenvalue weighted by molar-refractivity contribution is 9.10. The van der Waals surface area contributed by atoms with Crippen LogP contribution in [0.4, 0.5) is 0 Å². The number of nitrogens with zero attached hydrogens (tertiary/aromatic N) is 2. The minimum atomic E-state index is 0.242. The van der Waals surface area contributed by atoms with Crippen molar-refractivity contribution in [2.24, 2.45) is 5.92 Å². The topological polar surface area (TPSA) is 35.6 Å². The third-order valence-corrected chi connectivity index (χ3v) is 5.74. The average molecular weight is 380 g/mol. The minimum Gasteiger partial charge on any atom is -0.340 e. The Bertz CT molecular complexity index is 520. The van der Waals surface area contributed by atoms with Crippen LogP contribution in [0.25, 0.3) is 0 Å². The van der Waals surface area contributed by atoms with Crippen molar-refractivity contribution in [1.82, 2.24) is 15.1 Å². The predicted octanol–water partition coefficient (Wildman–Crippen LogP) is 2.65. The van der Waals surface area contributed by atoms with Crippen molar-refractivity contribution in [2.45, 2.75) is 25.8 Å². The van der Waals surface area contributed by atoms with Gasteiger partial charge in [-0.15, -0.1) is 0 Å². The van der Waals surface area contributed by atoms with Crippen molar-refractivity contribution in [1.29, 1.82) is 0 Å². The number of hydrogen-bond donors (Lipinski definition) is 1. The highest BCUT2D eigenvalue weighted by Gasteiger charge is 2.29. The minimum absolute atomic E-state index is 0.242. The van der Waals surface area contributed by atoms with Crippen LogP contribution in [0.1, 0.15) is 31.4 Å². The van der Waals surface area contributed by atoms with E-state index in [0.29, 0.717) is 11.9 Å². The van der Waals surface area contributed by atoms with Crippen LogP contribution in [0.5, 0.6) is 0 Å². The number of amides is 1. The van der Waals surface area contributed by atoms with Crippen molar-refractivity contribution >= 4 is 21.8 Å². The van der Waals surface area contributed by atoms with Crippen molar-refractivity contribution in [2.75, 3.05) is 39.3 Å². The van der Waals surface area contributed by atoms with Crippen molar-refractivity contribution in [3.8, 4) is 0 Å². The fraction of sp³-hybridized carbons (Fsp3) is 0.611. The van der Waals surface area contributed by atoms with Crippen LogP contribution in [-0.2, 0) is 4.79 Å². The quantitative estimate of drug-likeness (QED) is 0.876. The molecule has 1 amide bonds. The lowest BCUT2D eigenvalue weighted by molar-refractivity contribution is -0.138. The molecule has 5 heteroatoms. The zero-order valence-corrected chi connectivity index (χ0v) is 15.4. The van der Waals surface area contributed by atoms with Gasteiger partial charge in [0.2, 0.25) is 5.91 Å². The standard InChI is InChI=1S/C18H26BrN3O/c1-14(15-2-4-17(19)5-3-15)21-10-12-22(13-11-21)18(23)16-6-8-20-9-7-16/h2-5,14,16,20H,6-13H2,1H3. The first kappa shape index (κ1) is 16.9. The molecule has 0 spiro atoms. The highest BCUT2D eigenvalue weighted by Crippen LogP contribution is 2.24. The summed E-state index contributed by atoms with van der Waals surface area (Å²) < 4.78 is 1.12. The molecule has 0 saturated carbocycles. The number of rotatable bonds is 3. The summed E-state index contributed by atoms with van der Waals surface area (Å²) in [6.45, 7) is 7.89. The van der Waals surface area contributed by atoms with Crippen LogP contribution >= 0.6 is 15.9 Å². The molecule has 2 aliphatic rings. The van der Waals surface area contributed by atoms with Crippen molar-refractivity contribution in [3.05, 3.63) is 34.3 Å². The molecule has 1 N–H and O–H groups in total. The maximum absolute atomic E-state index is 12.6. The van der Waals surface area contributed by atoms with Crippen molar-refractivity contribution in [3.63, 3.8) is 0 Å². The van der Waals surface area contributed by atoms with E-state index in [1.54, 1.807) is 0 Å². The maximum Gasteiger partial charge on any atom is 0.225 e. The van der Waals surface area contributed by atoms with Crippen LogP contribution in [0.15, 0.2) is 28.7 Å². The Kier molecular flexibility index (Phi) is 5.72. The molecule has 1 aromatic rings. The molecule has 0 aliphatic carbocycles. The second kappa shape index (κ2) is 7.77. The fourth-order valence-corrected chi connectivity index (χ4v) is 3.87. The third-order valence-electron chi connectivity index (χ3n) is 5.21. The molecule has 23 heavy (non-hydrogen) atoms. The summed E-state index contributed by atoms with van der Waals surface area (Å²) in [6.07, 6.45) is 1.99. The maximum atomic E-state index is 12.6.